The van der Waals surface area contributed by atoms with Gasteiger partial charge >= 0.3 is 0 Å². The van der Waals surface area contributed by atoms with E-state index in [1.165, 1.54) is 6.33 Å². The molecule has 1 aromatic carbocycles. The van der Waals surface area contributed by atoms with Crippen molar-refractivity contribution in [3.05, 3.63) is 35.9 Å². The molecule has 0 fully saturated rings. The van der Waals surface area contributed by atoms with Crippen molar-refractivity contribution in [3.63, 3.8) is 0 Å². The molecule has 1 aromatic heterocycles. The first-order chi connectivity index (χ1) is 9.81. The number of halogens is 2. The lowest BCUT2D eigenvalue weighted by Gasteiger charge is -2.08. The van der Waals surface area contributed by atoms with Gasteiger partial charge in [0.2, 0.25) is 10.0 Å². The Bertz CT molecular complexity index is 760. The lowest BCUT2D eigenvalue weighted by Crippen LogP contribution is -2.27. The van der Waals surface area contributed by atoms with Crippen LogP contribution in [-0.2, 0) is 23.5 Å². The van der Waals surface area contributed by atoms with Crippen molar-refractivity contribution in [1.29, 1.82) is 0 Å². The van der Waals surface area contributed by atoms with Crippen LogP contribution in [0.3, 0.4) is 0 Å². The normalized spacial score (nSPS) is 11.8. The maximum Gasteiger partial charge on any atom is 0.243 e. The quantitative estimate of drug-likeness (QED) is 0.767. The molecule has 3 N–H and O–H groups in total. The van der Waals surface area contributed by atoms with Crippen LogP contribution >= 0.6 is 0 Å². The minimum absolute atomic E-state index is 0.00835. The van der Waals surface area contributed by atoms with Gasteiger partial charge in [0, 0.05) is 26.1 Å². The first-order valence-corrected chi connectivity index (χ1v) is 7.36. The molecule has 0 amide bonds. The summed E-state index contributed by atoms with van der Waals surface area (Å²) in [5.74, 6) is -1.64. The number of nitrogens with zero attached hydrogens (tertiary/aromatic N) is 3. The van der Waals surface area contributed by atoms with Crippen LogP contribution in [0, 0.1) is 11.6 Å². The van der Waals surface area contributed by atoms with E-state index in [1.54, 1.807) is 11.6 Å². The predicted molar refractivity (Wildman–Crippen MR) is 70.7 cm³/mol. The van der Waals surface area contributed by atoms with E-state index in [0.717, 1.165) is 6.07 Å². The van der Waals surface area contributed by atoms with Crippen LogP contribution in [0.15, 0.2) is 23.4 Å². The van der Waals surface area contributed by atoms with Gasteiger partial charge in [-0.2, -0.15) is 0 Å². The molecule has 114 valence electrons. The molecular weight excluding hydrogens is 304 g/mol. The van der Waals surface area contributed by atoms with Gasteiger partial charge < -0.3 is 10.3 Å². The maximum absolute atomic E-state index is 13.5. The highest BCUT2D eigenvalue weighted by molar-refractivity contribution is 7.89. The Morgan fingerprint density at radius 2 is 2.05 bits per heavy atom. The Morgan fingerprint density at radius 1 is 1.33 bits per heavy atom. The Kier molecular flexibility index (Phi) is 4.19. The molecular formula is C11H13F2N5O2S. The zero-order chi connectivity index (χ0) is 15.6. The van der Waals surface area contributed by atoms with Crippen molar-refractivity contribution < 1.29 is 17.2 Å². The lowest BCUT2D eigenvalue weighted by molar-refractivity contribution is 0.544. The molecule has 21 heavy (non-hydrogen) atoms. The van der Waals surface area contributed by atoms with E-state index < -0.39 is 32.2 Å². The minimum Gasteiger partial charge on any atom is -0.396 e. The molecule has 10 heteroatoms. The zero-order valence-corrected chi connectivity index (χ0v) is 11.9. The van der Waals surface area contributed by atoms with Gasteiger partial charge in [0.25, 0.3) is 0 Å². The molecule has 0 spiro atoms. The van der Waals surface area contributed by atoms with Crippen LogP contribution in [0.25, 0.3) is 0 Å². The average molecular weight is 317 g/mol. The average Bonchev–Trinajstić information content (AvgIpc) is 2.79. The topological polar surface area (TPSA) is 103 Å². The number of sulfonamides is 1. The molecule has 0 aliphatic carbocycles. The molecule has 0 radical (unpaired) electrons. The molecule has 7 nitrogen and oxygen atoms in total. The molecule has 2 rings (SSSR count). The van der Waals surface area contributed by atoms with E-state index in [2.05, 4.69) is 14.9 Å². The molecule has 1 heterocycles. The third-order valence-electron chi connectivity index (χ3n) is 2.79. The first-order valence-electron chi connectivity index (χ1n) is 5.88. The smallest absolute Gasteiger partial charge is 0.243 e. The molecule has 0 saturated heterocycles. The van der Waals surface area contributed by atoms with Gasteiger partial charge in [-0.15, -0.1) is 10.2 Å². The van der Waals surface area contributed by atoms with Crippen molar-refractivity contribution in [2.45, 2.75) is 11.3 Å². The summed E-state index contributed by atoms with van der Waals surface area (Å²) in [6, 6.07) is 1.18. The third kappa shape index (κ3) is 3.34. The number of hydrogen-bond donors (Lipinski definition) is 2. The monoisotopic (exact) mass is 317 g/mol. The molecule has 0 bridgehead atoms. The van der Waals surface area contributed by atoms with E-state index >= 15 is 0 Å². The highest BCUT2D eigenvalue weighted by Gasteiger charge is 2.21. The highest BCUT2D eigenvalue weighted by Crippen LogP contribution is 2.20. The number of benzene rings is 1. The summed E-state index contributed by atoms with van der Waals surface area (Å²) in [6.07, 6.45) is 1.75. The van der Waals surface area contributed by atoms with Crippen molar-refractivity contribution in [3.8, 4) is 0 Å². The van der Waals surface area contributed by atoms with Crippen LogP contribution in [0.4, 0.5) is 14.5 Å². The van der Waals surface area contributed by atoms with Crippen LogP contribution < -0.4 is 10.5 Å². The van der Waals surface area contributed by atoms with Gasteiger partial charge in [0.1, 0.15) is 28.7 Å². The van der Waals surface area contributed by atoms with Crippen LogP contribution in [-0.4, -0.2) is 29.7 Å². The maximum atomic E-state index is 13.5. The number of aromatic nitrogens is 3. The summed E-state index contributed by atoms with van der Waals surface area (Å²) in [5, 5.41) is 7.43. The molecule has 2 aromatic rings. The van der Waals surface area contributed by atoms with E-state index in [-0.39, 0.29) is 13.0 Å². The van der Waals surface area contributed by atoms with E-state index in [4.69, 9.17) is 5.73 Å². The van der Waals surface area contributed by atoms with Gasteiger partial charge in [0.15, 0.2) is 0 Å². The molecule has 0 atom stereocenters. The largest absolute Gasteiger partial charge is 0.396 e. The number of nitrogen functional groups attached to an aromatic ring is 1. The fourth-order valence-corrected chi connectivity index (χ4v) is 2.78. The number of nitrogens with one attached hydrogen (secondary N) is 1. The summed E-state index contributed by atoms with van der Waals surface area (Å²) in [4.78, 5) is -0.695. The number of hydrogen-bond acceptors (Lipinski definition) is 5. The number of anilines is 1. The fraction of sp³-hybridized carbons (Fsp3) is 0.273. The predicted octanol–water partition coefficient (Wildman–Crippen LogP) is 0.197. The third-order valence-corrected chi connectivity index (χ3v) is 4.26. The fourth-order valence-electron chi connectivity index (χ4n) is 1.66. The second-order valence-corrected chi connectivity index (χ2v) is 6.05. The minimum atomic E-state index is -4.13. The van der Waals surface area contributed by atoms with Gasteiger partial charge in [-0.1, -0.05) is 0 Å². The Morgan fingerprint density at radius 3 is 2.67 bits per heavy atom. The Labute approximate surface area is 119 Å². The van der Waals surface area contributed by atoms with Gasteiger partial charge in [-0.05, 0) is 6.07 Å². The van der Waals surface area contributed by atoms with Crippen LogP contribution in [0.1, 0.15) is 5.82 Å². The zero-order valence-electron chi connectivity index (χ0n) is 11.0. The second-order valence-electron chi connectivity index (χ2n) is 4.31. The summed E-state index contributed by atoms with van der Waals surface area (Å²) >= 11 is 0. The molecule has 0 aliphatic rings. The highest BCUT2D eigenvalue weighted by atomic mass is 32.2. The van der Waals surface area contributed by atoms with Gasteiger partial charge in [-0.25, -0.2) is 21.9 Å². The molecule has 0 unspecified atom stereocenters. The molecule has 0 saturated carbocycles. The summed E-state index contributed by atoms with van der Waals surface area (Å²) in [5.41, 5.74) is 4.82. The van der Waals surface area contributed by atoms with E-state index in [0.29, 0.717) is 11.9 Å². The standard InChI is InChI=1S/C11H13F2N5O2S/c1-18-6-15-17-11(18)2-3-16-21(19,20)10-5-9(14)7(12)4-8(10)13/h4-6,16H,2-3,14H2,1H3. The van der Waals surface area contributed by atoms with Crippen molar-refractivity contribution in [1.82, 2.24) is 19.5 Å². The summed E-state index contributed by atoms with van der Waals surface area (Å²) < 4.78 is 54.3. The van der Waals surface area contributed by atoms with Crippen molar-refractivity contribution in [2.24, 2.45) is 7.05 Å². The lowest BCUT2D eigenvalue weighted by atomic mass is 10.3. The molecule has 0 aliphatic heterocycles. The SMILES string of the molecule is Cn1cnnc1CCNS(=O)(=O)c1cc(N)c(F)cc1F. The number of aryl methyl sites for hydroxylation is 1. The second kappa shape index (κ2) is 5.74. The number of nitrogens with two attached hydrogens (primary N) is 1. The Balaban J connectivity index is 2.12. The summed E-state index contributed by atoms with van der Waals surface area (Å²) in [6.45, 7) is -0.00835. The van der Waals surface area contributed by atoms with Crippen LogP contribution in [0.2, 0.25) is 0 Å². The first kappa shape index (κ1) is 15.3. The van der Waals surface area contributed by atoms with Crippen LogP contribution in [0.5, 0.6) is 0 Å². The number of rotatable bonds is 5. The summed E-state index contributed by atoms with van der Waals surface area (Å²) in [7, 11) is -2.41. The van der Waals surface area contributed by atoms with Gasteiger partial charge in [-0.3, -0.25) is 0 Å². The van der Waals surface area contributed by atoms with E-state index in [1.807, 2.05) is 0 Å². The van der Waals surface area contributed by atoms with Crippen molar-refractivity contribution >= 4 is 15.7 Å². The van der Waals surface area contributed by atoms with Gasteiger partial charge in [0.05, 0.1) is 5.69 Å². The Hall–Kier alpha value is -2.07. The van der Waals surface area contributed by atoms with E-state index in [9.17, 15) is 17.2 Å². The van der Waals surface area contributed by atoms with Crippen molar-refractivity contribution in [2.75, 3.05) is 12.3 Å².